The predicted molar refractivity (Wildman–Crippen MR) is 114 cm³/mol. The Morgan fingerprint density at radius 2 is 1.71 bits per heavy atom. The minimum Gasteiger partial charge on any atom is -0.379 e. The summed E-state index contributed by atoms with van der Waals surface area (Å²) < 4.78 is 86.3. The number of hydrogen-bond acceptors (Lipinski definition) is 4. The predicted octanol–water partition coefficient (Wildman–Crippen LogP) is 4.10. The van der Waals surface area contributed by atoms with Gasteiger partial charge in [-0.1, -0.05) is 0 Å². The van der Waals surface area contributed by atoms with Crippen molar-refractivity contribution in [3.63, 3.8) is 0 Å². The number of halogens is 6. The molecule has 35 heavy (non-hydrogen) atoms. The zero-order valence-corrected chi connectivity index (χ0v) is 18.9. The molecule has 0 saturated carbocycles. The highest BCUT2D eigenvalue weighted by atomic mass is 19.4. The number of hydrogen-bond donors (Lipinski definition) is 1. The lowest BCUT2D eigenvalue weighted by molar-refractivity contribution is -0.143. The number of imidazole rings is 1. The molecule has 0 aliphatic carbocycles. The lowest BCUT2D eigenvalue weighted by Crippen LogP contribution is -2.38. The summed E-state index contributed by atoms with van der Waals surface area (Å²) in [7, 11) is 0. The summed E-state index contributed by atoms with van der Waals surface area (Å²) in [5.41, 5.74) is -2.49. The number of carbonyl (C=O) groups is 1. The lowest BCUT2D eigenvalue weighted by atomic mass is 9.89. The van der Waals surface area contributed by atoms with Gasteiger partial charge in [0.25, 0.3) is 5.91 Å². The molecule has 6 nitrogen and oxygen atoms in total. The first-order valence-electron chi connectivity index (χ1n) is 11.4. The Labute approximate surface area is 198 Å². The van der Waals surface area contributed by atoms with Gasteiger partial charge in [-0.3, -0.25) is 9.69 Å². The second-order valence-electron chi connectivity index (χ2n) is 8.83. The Morgan fingerprint density at radius 3 is 2.34 bits per heavy atom. The maximum atomic E-state index is 13.2. The number of aromatic nitrogens is 2. The van der Waals surface area contributed by atoms with E-state index in [4.69, 9.17) is 4.74 Å². The van der Waals surface area contributed by atoms with E-state index in [0.29, 0.717) is 38.4 Å². The Bertz CT molecular complexity index is 1010. The number of ether oxygens (including phenoxy) is 1. The van der Waals surface area contributed by atoms with Crippen LogP contribution in [0.4, 0.5) is 26.3 Å². The Balaban J connectivity index is 1.41. The first-order chi connectivity index (χ1) is 16.5. The highest BCUT2D eigenvalue weighted by Crippen LogP contribution is 2.39. The normalized spacial score (nSPS) is 19.4. The number of rotatable bonds is 6. The summed E-state index contributed by atoms with van der Waals surface area (Å²) in [6, 6.07) is 1.70. The fourth-order valence-electron chi connectivity index (χ4n) is 4.46. The molecule has 4 rings (SSSR count). The minimum absolute atomic E-state index is 0.0272. The zero-order valence-electron chi connectivity index (χ0n) is 18.9. The van der Waals surface area contributed by atoms with Crippen LogP contribution in [-0.2, 0) is 30.1 Å². The van der Waals surface area contributed by atoms with Gasteiger partial charge in [0.1, 0.15) is 11.5 Å². The number of fused-ring (bicyclic) bond motifs is 1. The average Bonchev–Trinajstić information content (AvgIpc) is 3.24. The molecule has 2 aliphatic heterocycles. The van der Waals surface area contributed by atoms with Crippen molar-refractivity contribution < 1.29 is 35.9 Å². The van der Waals surface area contributed by atoms with E-state index in [9.17, 15) is 31.1 Å². The van der Waals surface area contributed by atoms with Crippen molar-refractivity contribution in [3.05, 3.63) is 52.6 Å². The molecule has 1 N–H and O–H groups in total. The molecule has 1 aromatic heterocycles. The Kier molecular flexibility index (Phi) is 7.41. The van der Waals surface area contributed by atoms with E-state index in [1.54, 1.807) is 4.57 Å². The maximum Gasteiger partial charge on any atom is 0.416 e. The summed E-state index contributed by atoms with van der Waals surface area (Å²) in [6.45, 7) is 4.56. The summed E-state index contributed by atoms with van der Waals surface area (Å²) in [5, 5.41) is 2.82. The van der Waals surface area contributed by atoms with Crippen LogP contribution >= 0.6 is 0 Å². The van der Waals surface area contributed by atoms with Crippen molar-refractivity contribution in [1.29, 1.82) is 0 Å². The third-order valence-electron chi connectivity index (χ3n) is 6.35. The van der Waals surface area contributed by atoms with Gasteiger partial charge in [-0.05, 0) is 43.1 Å². The quantitative estimate of drug-likeness (QED) is 0.476. The van der Waals surface area contributed by atoms with E-state index in [1.165, 1.54) is 6.20 Å². The molecule has 3 heterocycles. The van der Waals surface area contributed by atoms with Crippen molar-refractivity contribution in [2.75, 3.05) is 39.4 Å². The minimum atomic E-state index is -4.89. The molecule has 12 heteroatoms. The van der Waals surface area contributed by atoms with Crippen LogP contribution in [0.25, 0.3) is 0 Å². The summed E-state index contributed by atoms with van der Waals surface area (Å²) >= 11 is 0. The van der Waals surface area contributed by atoms with Crippen molar-refractivity contribution in [2.45, 2.75) is 44.1 Å². The molecule has 192 valence electrons. The van der Waals surface area contributed by atoms with Gasteiger partial charge in [-0.25, -0.2) is 4.98 Å². The van der Waals surface area contributed by atoms with Crippen molar-refractivity contribution in [1.82, 2.24) is 19.8 Å². The monoisotopic (exact) mass is 504 g/mol. The molecule has 0 radical (unpaired) electrons. The van der Waals surface area contributed by atoms with Gasteiger partial charge in [0.15, 0.2) is 0 Å². The van der Waals surface area contributed by atoms with Gasteiger partial charge in [0.05, 0.1) is 24.3 Å². The van der Waals surface area contributed by atoms with Gasteiger partial charge < -0.3 is 14.6 Å². The van der Waals surface area contributed by atoms with Crippen molar-refractivity contribution >= 4 is 5.91 Å². The van der Waals surface area contributed by atoms with Gasteiger partial charge in [0.2, 0.25) is 0 Å². The van der Waals surface area contributed by atoms with Crippen LogP contribution in [0.2, 0.25) is 0 Å². The van der Waals surface area contributed by atoms with E-state index >= 15 is 0 Å². The number of carbonyl (C=O) groups excluding carboxylic acids is 1. The summed E-state index contributed by atoms with van der Waals surface area (Å²) in [6.07, 6.45) is -6.84. The lowest BCUT2D eigenvalue weighted by Gasteiger charge is -2.26. The van der Waals surface area contributed by atoms with Gasteiger partial charge in [-0.15, -0.1) is 0 Å². The number of nitrogens with one attached hydrogen (secondary N) is 1. The average molecular weight is 504 g/mol. The fourth-order valence-corrected chi connectivity index (χ4v) is 4.46. The zero-order chi connectivity index (χ0) is 25.2. The number of benzene rings is 1. The molecule has 2 aromatic rings. The summed E-state index contributed by atoms with van der Waals surface area (Å²) in [4.78, 5) is 19.1. The SMILES string of the molecule is O=C(NCCCN1CCOCC1)c1cn2c(n1)CC[C@@H](c1cc(C(F)(F)F)cc(C(F)(F)F)c1)C2. The smallest absolute Gasteiger partial charge is 0.379 e. The Morgan fingerprint density at radius 1 is 1.06 bits per heavy atom. The van der Waals surface area contributed by atoms with E-state index in [2.05, 4.69) is 15.2 Å². The van der Waals surface area contributed by atoms with E-state index in [1.807, 2.05) is 0 Å². The first kappa shape index (κ1) is 25.5. The van der Waals surface area contributed by atoms with Crippen LogP contribution in [0, 0.1) is 0 Å². The van der Waals surface area contributed by atoms with E-state index in [0.717, 1.165) is 38.2 Å². The van der Waals surface area contributed by atoms with Gasteiger partial charge in [-0.2, -0.15) is 26.3 Å². The van der Waals surface area contributed by atoms with Crippen LogP contribution in [0.3, 0.4) is 0 Å². The molecular formula is C23H26F6N4O2. The molecule has 1 fully saturated rings. The molecular weight excluding hydrogens is 478 g/mol. The fraction of sp³-hybridized carbons (Fsp3) is 0.565. The van der Waals surface area contributed by atoms with Crippen LogP contribution in [0.1, 0.15) is 51.8 Å². The highest BCUT2D eigenvalue weighted by molar-refractivity contribution is 5.92. The van der Waals surface area contributed by atoms with Crippen LogP contribution < -0.4 is 5.32 Å². The van der Waals surface area contributed by atoms with E-state index < -0.39 is 29.4 Å². The molecule has 0 spiro atoms. The molecule has 1 amide bonds. The van der Waals surface area contributed by atoms with Crippen molar-refractivity contribution in [3.8, 4) is 0 Å². The van der Waals surface area contributed by atoms with Crippen LogP contribution in [-0.4, -0.2) is 59.8 Å². The third kappa shape index (κ3) is 6.35. The second kappa shape index (κ2) is 10.2. The molecule has 2 aliphatic rings. The molecule has 1 atom stereocenters. The number of amides is 1. The standard InChI is InChI=1S/C23H26F6N4O2/c24-22(25,26)17-10-16(11-18(12-17)23(27,28)29)15-2-3-20-31-19(14-33(20)13-15)21(34)30-4-1-5-32-6-8-35-9-7-32/h10-12,14-15H,1-9,13H2,(H,30,34)/t15-/m1/s1. The largest absolute Gasteiger partial charge is 0.416 e. The second-order valence-corrected chi connectivity index (χ2v) is 8.83. The summed E-state index contributed by atoms with van der Waals surface area (Å²) in [5.74, 6) is -0.337. The third-order valence-corrected chi connectivity index (χ3v) is 6.35. The van der Waals surface area contributed by atoms with E-state index in [-0.39, 0.29) is 29.8 Å². The number of aryl methyl sites for hydroxylation is 1. The highest BCUT2D eigenvalue weighted by Gasteiger charge is 2.38. The van der Waals surface area contributed by atoms with Crippen molar-refractivity contribution in [2.24, 2.45) is 0 Å². The van der Waals surface area contributed by atoms with Crippen LogP contribution in [0.15, 0.2) is 24.4 Å². The maximum absolute atomic E-state index is 13.2. The van der Waals surface area contributed by atoms with Gasteiger partial charge in [0, 0.05) is 44.7 Å². The molecule has 0 bridgehead atoms. The molecule has 1 saturated heterocycles. The number of alkyl halides is 6. The number of nitrogens with zero attached hydrogens (tertiary/aromatic N) is 3. The number of morpholine rings is 1. The topological polar surface area (TPSA) is 59.4 Å². The van der Waals surface area contributed by atoms with Gasteiger partial charge >= 0.3 is 12.4 Å². The Hall–Kier alpha value is -2.60. The first-order valence-corrected chi connectivity index (χ1v) is 11.4. The molecule has 0 unspecified atom stereocenters. The van der Waals surface area contributed by atoms with Crippen LogP contribution in [0.5, 0.6) is 0 Å². The molecule has 1 aromatic carbocycles.